The van der Waals surface area contributed by atoms with Crippen molar-refractivity contribution < 1.29 is 0 Å². The third-order valence-corrected chi connectivity index (χ3v) is 2.81. The molecule has 4 heteroatoms. The Hall–Kier alpha value is 0.0500. The molecular weight excluding hydrogens is 240 g/mol. The van der Waals surface area contributed by atoms with Gasteiger partial charge in [-0.15, -0.1) is 12.4 Å². The van der Waals surface area contributed by atoms with Gasteiger partial charge in [-0.1, -0.05) is 48.7 Å². The zero-order valence-electron chi connectivity index (χ0n) is 7.97. The predicted molar refractivity (Wildman–Crippen MR) is 65.5 cm³/mol. The lowest BCUT2D eigenvalue weighted by atomic mass is 10.0. The van der Waals surface area contributed by atoms with E-state index in [0.29, 0.717) is 10.0 Å². The molecule has 2 N–H and O–H groups in total. The number of hydrogen-bond acceptors (Lipinski definition) is 1. The highest BCUT2D eigenvalue weighted by molar-refractivity contribution is 6.42. The van der Waals surface area contributed by atoms with Crippen LogP contribution < -0.4 is 5.73 Å². The Morgan fingerprint density at radius 1 is 1.36 bits per heavy atom. The van der Waals surface area contributed by atoms with Gasteiger partial charge in [-0.3, -0.25) is 0 Å². The third-order valence-electron chi connectivity index (χ3n) is 1.98. The van der Waals surface area contributed by atoms with E-state index in [1.165, 1.54) is 0 Å². The summed E-state index contributed by atoms with van der Waals surface area (Å²) in [6, 6.07) is 5.57. The Kier molecular flexibility index (Phi) is 6.54. The molecule has 1 nitrogen and oxygen atoms in total. The van der Waals surface area contributed by atoms with Gasteiger partial charge in [-0.25, -0.2) is 0 Å². The molecule has 1 atom stereocenters. The summed E-state index contributed by atoms with van der Waals surface area (Å²) >= 11 is 11.9. The van der Waals surface area contributed by atoms with Gasteiger partial charge in [0.25, 0.3) is 0 Å². The molecule has 0 unspecified atom stereocenters. The highest BCUT2D eigenvalue weighted by atomic mass is 35.5. The number of rotatable bonds is 3. The largest absolute Gasteiger partial charge is 0.324 e. The van der Waals surface area contributed by atoms with E-state index in [-0.39, 0.29) is 18.4 Å². The van der Waals surface area contributed by atoms with Gasteiger partial charge in [0, 0.05) is 6.04 Å². The molecule has 0 saturated heterocycles. The monoisotopic (exact) mass is 253 g/mol. The van der Waals surface area contributed by atoms with Crippen LogP contribution in [0.4, 0.5) is 0 Å². The Balaban J connectivity index is 0.00000169. The fourth-order valence-corrected chi connectivity index (χ4v) is 1.72. The quantitative estimate of drug-likeness (QED) is 0.859. The van der Waals surface area contributed by atoms with E-state index in [0.717, 1.165) is 18.4 Å². The molecule has 0 heterocycles. The average molecular weight is 255 g/mol. The van der Waals surface area contributed by atoms with Crippen LogP contribution in [-0.4, -0.2) is 0 Å². The van der Waals surface area contributed by atoms with E-state index in [4.69, 9.17) is 28.9 Å². The van der Waals surface area contributed by atoms with Crippen LogP contribution in [0.1, 0.15) is 31.4 Å². The summed E-state index contributed by atoms with van der Waals surface area (Å²) in [7, 11) is 0. The number of nitrogens with two attached hydrogens (primary N) is 1. The molecule has 0 spiro atoms. The van der Waals surface area contributed by atoms with Crippen molar-refractivity contribution in [1.29, 1.82) is 0 Å². The fourth-order valence-electron chi connectivity index (χ4n) is 1.27. The molecule has 0 aliphatic carbocycles. The van der Waals surface area contributed by atoms with E-state index in [1.807, 2.05) is 12.1 Å². The zero-order chi connectivity index (χ0) is 9.84. The van der Waals surface area contributed by atoms with Crippen molar-refractivity contribution in [2.45, 2.75) is 25.8 Å². The lowest BCUT2D eigenvalue weighted by Gasteiger charge is -2.12. The summed E-state index contributed by atoms with van der Waals surface area (Å²) in [5, 5.41) is 1.16. The van der Waals surface area contributed by atoms with Gasteiger partial charge in [0.15, 0.2) is 0 Å². The topological polar surface area (TPSA) is 26.0 Å². The summed E-state index contributed by atoms with van der Waals surface area (Å²) in [5.74, 6) is 0. The Labute approximate surface area is 101 Å². The number of hydrogen-bond donors (Lipinski definition) is 1. The fraction of sp³-hybridized carbons (Fsp3) is 0.400. The second-order valence-electron chi connectivity index (χ2n) is 3.04. The Bertz CT molecular complexity index is 289. The third kappa shape index (κ3) is 3.32. The molecule has 1 rings (SSSR count). The van der Waals surface area contributed by atoms with Gasteiger partial charge in [0.2, 0.25) is 0 Å². The van der Waals surface area contributed by atoms with Gasteiger partial charge in [-0.2, -0.15) is 0 Å². The molecule has 1 aromatic carbocycles. The first-order valence-corrected chi connectivity index (χ1v) is 5.12. The standard InChI is InChI=1S/C10H13Cl2N.ClH/c1-2-4-9(13)7-5-3-6-8(11)10(7)12;/h3,5-6,9H,2,4,13H2,1H3;1H/t9-;/m1./s1. The highest BCUT2D eigenvalue weighted by Gasteiger charge is 2.10. The molecule has 0 fully saturated rings. The van der Waals surface area contributed by atoms with Crippen LogP contribution in [0.5, 0.6) is 0 Å². The molecule has 1 aromatic rings. The minimum Gasteiger partial charge on any atom is -0.324 e. The van der Waals surface area contributed by atoms with E-state index >= 15 is 0 Å². The summed E-state index contributed by atoms with van der Waals surface area (Å²) in [6.07, 6.45) is 1.98. The van der Waals surface area contributed by atoms with E-state index < -0.39 is 0 Å². The van der Waals surface area contributed by atoms with Crippen molar-refractivity contribution >= 4 is 35.6 Å². The van der Waals surface area contributed by atoms with Gasteiger partial charge < -0.3 is 5.73 Å². The van der Waals surface area contributed by atoms with Crippen molar-refractivity contribution in [3.05, 3.63) is 33.8 Å². The molecule has 14 heavy (non-hydrogen) atoms. The van der Waals surface area contributed by atoms with Gasteiger partial charge in [-0.05, 0) is 18.1 Å². The van der Waals surface area contributed by atoms with E-state index in [2.05, 4.69) is 6.92 Å². The maximum atomic E-state index is 6.01. The Morgan fingerprint density at radius 2 is 2.00 bits per heavy atom. The predicted octanol–water partition coefficient (Wildman–Crippen LogP) is 4.22. The molecule has 0 bridgehead atoms. The summed E-state index contributed by atoms with van der Waals surface area (Å²) in [4.78, 5) is 0. The number of benzene rings is 1. The summed E-state index contributed by atoms with van der Waals surface area (Å²) < 4.78 is 0. The normalized spacial score (nSPS) is 12.0. The van der Waals surface area contributed by atoms with E-state index in [1.54, 1.807) is 6.07 Å². The van der Waals surface area contributed by atoms with Crippen LogP contribution >= 0.6 is 35.6 Å². The van der Waals surface area contributed by atoms with Gasteiger partial charge in [0.1, 0.15) is 0 Å². The van der Waals surface area contributed by atoms with Crippen molar-refractivity contribution in [3.63, 3.8) is 0 Å². The molecule has 0 saturated carbocycles. The maximum Gasteiger partial charge on any atom is 0.0639 e. The van der Waals surface area contributed by atoms with E-state index in [9.17, 15) is 0 Å². The van der Waals surface area contributed by atoms with Crippen LogP contribution in [0.25, 0.3) is 0 Å². The molecule has 0 aliphatic heterocycles. The molecule has 0 amide bonds. The lowest BCUT2D eigenvalue weighted by Crippen LogP contribution is -2.10. The van der Waals surface area contributed by atoms with Gasteiger partial charge in [0.05, 0.1) is 10.0 Å². The van der Waals surface area contributed by atoms with Crippen LogP contribution in [-0.2, 0) is 0 Å². The Morgan fingerprint density at radius 3 is 2.57 bits per heavy atom. The first-order chi connectivity index (χ1) is 6.16. The molecule has 0 aromatic heterocycles. The molecule has 0 radical (unpaired) electrons. The van der Waals surface area contributed by atoms with Crippen molar-refractivity contribution in [1.82, 2.24) is 0 Å². The smallest absolute Gasteiger partial charge is 0.0639 e. The highest BCUT2D eigenvalue weighted by Crippen LogP contribution is 2.30. The minimum atomic E-state index is -0.00352. The van der Waals surface area contributed by atoms with Crippen molar-refractivity contribution in [2.24, 2.45) is 5.73 Å². The lowest BCUT2D eigenvalue weighted by molar-refractivity contribution is 0.639. The number of halogens is 3. The maximum absolute atomic E-state index is 6.01. The van der Waals surface area contributed by atoms with Crippen LogP contribution in [0.2, 0.25) is 10.0 Å². The van der Waals surface area contributed by atoms with Crippen LogP contribution in [0.3, 0.4) is 0 Å². The van der Waals surface area contributed by atoms with Gasteiger partial charge >= 0.3 is 0 Å². The second kappa shape index (κ2) is 6.52. The SMILES string of the molecule is CCC[C@@H](N)c1cccc(Cl)c1Cl.Cl. The summed E-state index contributed by atoms with van der Waals surface area (Å²) in [6.45, 7) is 2.10. The van der Waals surface area contributed by atoms with Crippen molar-refractivity contribution in [2.75, 3.05) is 0 Å². The van der Waals surface area contributed by atoms with Crippen molar-refractivity contribution in [3.8, 4) is 0 Å². The van der Waals surface area contributed by atoms with Crippen LogP contribution in [0.15, 0.2) is 18.2 Å². The second-order valence-corrected chi connectivity index (χ2v) is 3.82. The first-order valence-electron chi connectivity index (χ1n) is 4.36. The minimum absolute atomic E-state index is 0. The van der Waals surface area contributed by atoms with Crippen LogP contribution in [0, 0.1) is 0 Å². The first kappa shape index (κ1) is 14.1. The molecule has 80 valence electrons. The average Bonchev–Trinajstić information content (AvgIpc) is 2.10. The molecule has 0 aliphatic rings. The molecular formula is C10H14Cl3N. The zero-order valence-corrected chi connectivity index (χ0v) is 10.3. The summed E-state index contributed by atoms with van der Waals surface area (Å²) in [5.41, 5.74) is 6.87.